The van der Waals surface area contributed by atoms with Gasteiger partial charge in [-0.25, -0.2) is 14.5 Å². The maximum absolute atomic E-state index is 14.0. The van der Waals surface area contributed by atoms with Crippen LogP contribution in [0.15, 0.2) is 48.7 Å². The van der Waals surface area contributed by atoms with Crippen molar-refractivity contribution in [3.05, 3.63) is 71.4 Å². The van der Waals surface area contributed by atoms with E-state index in [-0.39, 0.29) is 24.2 Å². The summed E-state index contributed by atoms with van der Waals surface area (Å²) >= 11 is 0. The lowest BCUT2D eigenvalue weighted by atomic mass is 10.0. The highest BCUT2D eigenvalue weighted by Crippen LogP contribution is 2.37. The number of para-hydroxylation sites is 1. The van der Waals surface area contributed by atoms with Crippen molar-refractivity contribution in [1.29, 1.82) is 0 Å². The Balaban J connectivity index is 1.39. The first-order valence-corrected chi connectivity index (χ1v) is 12.1. The van der Waals surface area contributed by atoms with Gasteiger partial charge < -0.3 is 10.1 Å². The largest absolute Gasteiger partial charge is 0.385 e. The molecule has 3 heterocycles. The maximum atomic E-state index is 14.0. The summed E-state index contributed by atoms with van der Waals surface area (Å²) in [4.78, 5) is 19.2. The maximum Gasteiger partial charge on any atom is 0.320 e. The highest BCUT2D eigenvalue weighted by Gasteiger charge is 2.40. The van der Waals surface area contributed by atoms with Gasteiger partial charge in [0.15, 0.2) is 0 Å². The SMILES string of the molecule is COCC[C@@H]1C[C@@H](NC(=O)Nc2c3c(nn2-c2ccccc2)CCC3)[C@H](c2ccnc(F)c2)N1C. The van der Waals surface area contributed by atoms with Crippen molar-refractivity contribution in [1.82, 2.24) is 25.0 Å². The molecule has 35 heavy (non-hydrogen) atoms. The summed E-state index contributed by atoms with van der Waals surface area (Å²) in [5.41, 5.74) is 3.83. The smallest absolute Gasteiger partial charge is 0.320 e. The fourth-order valence-electron chi connectivity index (χ4n) is 5.47. The minimum absolute atomic E-state index is 0.176. The second-order valence-electron chi connectivity index (χ2n) is 9.27. The number of aromatic nitrogens is 3. The van der Waals surface area contributed by atoms with E-state index in [0.29, 0.717) is 6.61 Å². The van der Waals surface area contributed by atoms with Gasteiger partial charge in [0, 0.05) is 31.5 Å². The summed E-state index contributed by atoms with van der Waals surface area (Å²) in [5, 5.41) is 11.0. The molecule has 1 aliphatic heterocycles. The number of pyridine rings is 1. The molecule has 0 spiro atoms. The molecule has 2 aromatic heterocycles. The van der Waals surface area contributed by atoms with Crippen molar-refractivity contribution < 1.29 is 13.9 Å². The highest BCUT2D eigenvalue weighted by molar-refractivity contribution is 5.90. The molecule has 0 unspecified atom stereocenters. The van der Waals surface area contributed by atoms with Crippen molar-refractivity contribution >= 4 is 11.8 Å². The van der Waals surface area contributed by atoms with Gasteiger partial charge >= 0.3 is 6.03 Å². The first kappa shape index (κ1) is 23.4. The Labute approximate surface area is 204 Å². The van der Waals surface area contributed by atoms with Crippen molar-refractivity contribution in [3.63, 3.8) is 0 Å². The summed E-state index contributed by atoms with van der Waals surface area (Å²) in [7, 11) is 3.70. The number of likely N-dealkylation sites (tertiary alicyclic amines) is 1. The number of halogens is 1. The molecule has 2 N–H and O–H groups in total. The predicted octanol–water partition coefficient (Wildman–Crippen LogP) is 3.87. The Morgan fingerprint density at radius 1 is 1.23 bits per heavy atom. The fraction of sp³-hybridized carbons (Fsp3) is 0.423. The van der Waals surface area contributed by atoms with Crippen molar-refractivity contribution in [2.45, 2.75) is 50.2 Å². The van der Waals surface area contributed by atoms with E-state index in [4.69, 9.17) is 9.84 Å². The zero-order valence-electron chi connectivity index (χ0n) is 20.1. The molecule has 1 saturated heterocycles. The van der Waals surface area contributed by atoms with Crippen LogP contribution in [0.3, 0.4) is 0 Å². The number of nitrogens with one attached hydrogen (secondary N) is 2. The zero-order valence-corrected chi connectivity index (χ0v) is 20.1. The van der Waals surface area contributed by atoms with Gasteiger partial charge in [0.25, 0.3) is 0 Å². The molecule has 1 aromatic carbocycles. The average Bonchev–Trinajstić information content (AvgIpc) is 3.53. The summed E-state index contributed by atoms with van der Waals surface area (Å²) in [6, 6.07) is 12.6. The van der Waals surface area contributed by atoms with Gasteiger partial charge in [-0.3, -0.25) is 10.2 Å². The first-order chi connectivity index (χ1) is 17.0. The van der Waals surface area contributed by atoms with Crippen molar-refractivity contribution in [2.75, 3.05) is 26.1 Å². The van der Waals surface area contributed by atoms with E-state index in [1.807, 2.05) is 48.1 Å². The van der Waals surface area contributed by atoms with E-state index >= 15 is 0 Å². The number of hydrogen-bond acceptors (Lipinski definition) is 5. The lowest BCUT2D eigenvalue weighted by Crippen LogP contribution is -2.41. The molecule has 2 aliphatic rings. The van der Waals surface area contributed by atoms with Crippen LogP contribution in [0.25, 0.3) is 5.69 Å². The monoisotopic (exact) mass is 478 g/mol. The van der Waals surface area contributed by atoms with Gasteiger partial charge in [0.1, 0.15) is 5.82 Å². The topological polar surface area (TPSA) is 84.3 Å². The summed E-state index contributed by atoms with van der Waals surface area (Å²) in [5.74, 6) is 0.191. The quantitative estimate of drug-likeness (QED) is 0.504. The third kappa shape index (κ3) is 4.78. The number of rotatable bonds is 7. The molecule has 1 fully saturated rings. The lowest BCUT2D eigenvalue weighted by molar-refractivity contribution is 0.150. The predicted molar refractivity (Wildman–Crippen MR) is 131 cm³/mol. The van der Waals surface area contributed by atoms with E-state index in [9.17, 15) is 9.18 Å². The van der Waals surface area contributed by atoms with E-state index in [2.05, 4.69) is 20.5 Å². The number of carbonyl (C=O) groups is 1. The van der Waals surface area contributed by atoms with Gasteiger partial charge in [-0.2, -0.15) is 9.49 Å². The number of anilines is 1. The molecular formula is C26H31FN6O2. The molecule has 5 rings (SSSR count). The minimum atomic E-state index is -0.526. The van der Waals surface area contributed by atoms with Gasteiger partial charge in [-0.05, 0) is 69.0 Å². The number of amides is 2. The number of benzene rings is 1. The van der Waals surface area contributed by atoms with Crippen LogP contribution in [0.5, 0.6) is 0 Å². The summed E-state index contributed by atoms with van der Waals surface area (Å²) in [6.07, 6.45) is 5.87. The number of methoxy groups -OCH3 is 1. The van der Waals surface area contributed by atoms with Crippen LogP contribution in [0.1, 0.15) is 42.1 Å². The van der Waals surface area contributed by atoms with Gasteiger partial charge in [-0.1, -0.05) is 18.2 Å². The number of urea groups is 1. The number of hydrogen-bond donors (Lipinski definition) is 2. The Kier molecular flexibility index (Phi) is 6.79. The molecule has 8 nitrogen and oxygen atoms in total. The molecule has 2 amide bonds. The van der Waals surface area contributed by atoms with Crippen LogP contribution >= 0.6 is 0 Å². The number of nitrogens with zero attached hydrogens (tertiary/aromatic N) is 4. The standard InChI is InChI=1S/C26H31FN6O2/c1-32-19(12-14-35-2)16-22(24(32)17-11-13-28-23(27)15-17)29-26(34)30-25-20-9-6-10-21(20)31-33(25)18-7-4-3-5-8-18/h3-5,7-8,11,13,15,19,22,24H,6,9-10,12,14,16H2,1-2H3,(H2,29,30,34)/t19-,22-,24+/m1/s1. The number of likely N-dealkylation sites (N-methyl/N-ethyl adjacent to an activating group) is 1. The van der Waals surface area contributed by atoms with Gasteiger partial charge in [0.2, 0.25) is 5.95 Å². The first-order valence-electron chi connectivity index (χ1n) is 12.1. The molecule has 3 atom stereocenters. The molecule has 1 aliphatic carbocycles. The van der Waals surface area contributed by atoms with Crippen LogP contribution in [0, 0.1) is 5.95 Å². The van der Waals surface area contributed by atoms with E-state index < -0.39 is 5.95 Å². The third-order valence-electron chi connectivity index (χ3n) is 7.13. The Hall–Kier alpha value is -3.30. The van der Waals surface area contributed by atoms with Crippen molar-refractivity contribution in [2.24, 2.45) is 0 Å². The second-order valence-corrected chi connectivity index (χ2v) is 9.27. The normalized spacial score (nSPS) is 21.7. The van der Waals surface area contributed by atoms with Crippen LogP contribution in [-0.4, -0.2) is 58.5 Å². The van der Waals surface area contributed by atoms with Crippen LogP contribution in [0.2, 0.25) is 0 Å². The highest BCUT2D eigenvalue weighted by atomic mass is 19.1. The molecule has 3 aromatic rings. The van der Waals surface area contributed by atoms with Gasteiger partial charge in [0.05, 0.1) is 23.5 Å². The number of fused-ring (bicyclic) bond motifs is 1. The second kappa shape index (κ2) is 10.1. The zero-order chi connectivity index (χ0) is 24.4. The van der Waals surface area contributed by atoms with Crippen LogP contribution in [-0.2, 0) is 17.6 Å². The third-order valence-corrected chi connectivity index (χ3v) is 7.13. The minimum Gasteiger partial charge on any atom is -0.385 e. The molecule has 0 bridgehead atoms. The molecule has 9 heteroatoms. The van der Waals surface area contributed by atoms with Crippen molar-refractivity contribution in [3.8, 4) is 5.69 Å². The Morgan fingerprint density at radius 2 is 2.06 bits per heavy atom. The molecule has 184 valence electrons. The summed E-state index contributed by atoms with van der Waals surface area (Å²) < 4.78 is 21.1. The van der Waals surface area contributed by atoms with Crippen LogP contribution in [0.4, 0.5) is 15.0 Å². The van der Waals surface area contributed by atoms with Crippen LogP contribution < -0.4 is 10.6 Å². The average molecular weight is 479 g/mol. The van der Waals surface area contributed by atoms with Gasteiger partial charge in [-0.15, -0.1) is 0 Å². The van der Waals surface area contributed by atoms with E-state index in [1.54, 1.807) is 7.11 Å². The molecule has 0 saturated carbocycles. The summed E-state index contributed by atoms with van der Waals surface area (Å²) in [6.45, 7) is 0.619. The van der Waals surface area contributed by atoms with E-state index in [1.165, 1.54) is 12.3 Å². The molecule has 0 radical (unpaired) electrons. The Morgan fingerprint density at radius 3 is 2.83 bits per heavy atom. The number of ether oxygens (including phenoxy) is 1. The molecular weight excluding hydrogens is 447 g/mol. The number of carbonyl (C=O) groups excluding carboxylic acids is 1. The number of aryl methyl sites for hydroxylation is 1. The fourth-order valence-corrected chi connectivity index (χ4v) is 5.47. The Bertz CT molecular complexity index is 1180. The van der Waals surface area contributed by atoms with E-state index in [0.717, 1.165) is 60.4 Å². The lowest BCUT2D eigenvalue weighted by Gasteiger charge is -2.28.